The Morgan fingerprint density at radius 1 is 0.900 bits per heavy atom. The molecule has 150 valence electrons. The Bertz CT molecular complexity index is 1110. The topological polar surface area (TPSA) is 63.2 Å². The first kappa shape index (κ1) is 18.4. The van der Waals surface area contributed by atoms with Gasteiger partial charge in [0.15, 0.2) is 5.78 Å². The third kappa shape index (κ3) is 3.32. The van der Waals surface area contributed by atoms with Crippen LogP contribution in [0.1, 0.15) is 35.9 Å². The maximum Gasteiger partial charge on any atom is 0.163 e. The fourth-order valence-electron chi connectivity index (χ4n) is 4.41. The maximum atomic E-state index is 13.4. The molecule has 5 heteroatoms. The van der Waals surface area contributed by atoms with Crippen molar-refractivity contribution in [2.75, 3.05) is 17.7 Å². The average molecular weight is 397 g/mol. The summed E-state index contributed by atoms with van der Waals surface area (Å²) in [7, 11) is 1.66. The van der Waals surface area contributed by atoms with Crippen LogP contribution in [0.25, 0.3) is 0 Å². The Hall–Kier alpha value is -3.60. The number of para-hydroxylation sites is 2. The standard InChI is InChI=1S/C25H23N3O2/c1-30-19-8-6-16(7-9-19)18-14-22-24(23(29)15-18)25(17-10-12-26-13-11-17)28-21-5-3-2-4-20(21)27-22/h2-13,18,25,27-28H,14-15H2,1H3/t18-,25-/m1/s1. The van der Waals surface area contributed by atoms with Gasteiger partial charge in [0.05, 0.1) is 24.5 Å². The van der Waals surface area contributed by atoms with E-state index < -0.39 is 0 Å². The Balaban J connectivity index is 1.57. The molecule has 1 aliphatic carbocycles. The summed E-state index contributed by atoms with van der Waals surface area (Å²) < 4.78 is 5.28. The summed E-state index contributed by atoms with van der Waals surface area (Å²) in [6.07, 6.45) is 4.82. The van der Waals surface area contributed by atoms with Crippen molar-refractivity contribution in [1.29, 1.82) is 0 Å². The number of allylic oxidation sites excluding steroid dienone is 1. The largest absolute Gasteiger partial charge is 0.497 e. The predicted octanol–water partition coefficient (Wildman–Crippen LogP) is 5.07. The Kier molecular flexibility index (Phi) is 4.71. The van der Waals surface area contributed by atoms with Gasteiger partial charge in [-0.2, -0.15) is 0 Å². The quantitative estimate of drug-likeness (QED) is 0.646. The highest BCUT2D eigenvalue weighted by Gasteiger charge is 2.35. The molecule has 0 amide bonds. The molecule has 30 heavy (non-hydrogen) atoms. The molecular weight excluding hydrogens is 374 g/mol. The zero-order valence-corrected chi connectivity index (χ0v) is 16.8. The molecule has 5 nitrogen and oxygen atoms in total. The van der Waals surface area contributed by atoms with Crippen LogP contribution < -0.4 is 15.4 Å². The summed E-state index contributed by atoms with van der Waals surface area (Å²) in [6, 6.07) is 19.9. The fraction of sp³-hybridized carbons (Fsp3) is 0.200. The minimum atomic E-state index is -0.205. The van der Waals surface area contributed by atoms with Gasteiger partial charge in [-0.1, -0.05) is 24.3 Å². The molecule has 5 rings (SSSR count). The van der Waals surface area contributed by atoms with E-state index in [1.807, 2.05) is 48.5 Å². The van der Waals surface area contributed by atoms with Crippen LogP contribution in [-0.2, 0) is 4.79 Å². The molecule has 2 N–H and O–H groups in total. The van der Waals surface area contributed by atoms with Gasteiger partial charge in [0.1, 0.15) is 5.75 Å². The van der Waals surface area contributed by atoms with Crippen LogP contribution in [0, 0.1) is 0 Å². The first-order chi connectivity index (χ1) is 14.7. The third-order valence-electron chi connectivity index (χ3n) is 5.94. The van der Waals surface area contributed by atoms with Gasteiger partial charge in [0.2, 0.25) is 0 Å². The van der Waals surface area contributed by atoms with E-state index in [9.17, 15) is 4.79 Å². The number of benzene rings is 2. The highest BCUT2D eigenvalue weighted by Crippen LogP contribution is 2.44. The number of carbonyl (C=O) groups is 1. The number of ether oxygens (including phenoxy) is 1. The van der Waals surface area contributed by atoms with Crippen molar-refractivity contribution >= 4 is 17.2 Å². The number of hydrogen-bond donors (Lipinski definition) is 2. The van der Waals surface area contributed by atoms with Crippen molar-refractivity contribution in [3.8, 4) is 5.75 Å². The van der Waals surface area contributed by atoms with E-state index in [4.69, 9.17) is 4.74 Å². The summed E-state index contributed by atoms with van der Waals surface area (Å²) in [6.45, 7) is 0. The van der Waals surface area contributed by atoms with Gasteiger partial charge in [-0.25, -0.2) is 0 Å². The first-order valence-electron chi connectivity index (χ1n) is 10.2. The molecule has 0 bridgehead atoms. The van der Waals surface area contributed by atoms with Gasteiger partial charge >= 0.3 is 0 Å². The summed E-state index contributed by atoms with van der Waals surface area (Å²) in [5.41, 5.74) is 5.98. The number of fused-ring (bicyclic) bond motifs is 1. The maximum absolute atomic E-state index is 13.4. The molecule has 3 aromatic rings. The van der Waals surface area contributed by atoms with Gasteiger partial charge in [0.25, 0.3) is 0 Å². The minimum absolute atomic E-state index is 0.137. The molecule has 0 saturated heterocycles. The number of nitrogens with zero attached hydrogens (tertiary/aromatic N) is 1. The number of Topliss-reactive ketones (excluding diaryl/α,β-unsaturated/α-hetero) is 1. The second kappa shape index (κ2) is 7.67. The summed E-state index contributed by atoms with van der Waals surface area (Å²) >= 11 is 0. The molecule has 2 aliphatic rings. The highest BCUT2D eigenvalue weighted by atomic mass is 16.5. The number of aromatic nitrogens is 1. The van der Waals surface area contributed by atoms with Crippen LogP contribution in [-0.4, -0.2) is 17.9 Å². The molecule has 0 fully saturated rings. The van der Waals surface area contributed by atoms with E-state index in [0.29, 0.717) is 6.42 Å². The lowest BCUT2D eigenvalue weighted by Gasteiger charge is -2.30. The van der Waals surface area contributed by atoms with Gasteiger partial charge in [0, 0.05) is 30.1 Å². The van der Waals surface area contributed by atoms with Crippen molar-refractivity contribution in [3.05, 3.63) is 95.5 Å². The molecule has 0 saturated carbocycles. The fourth-order valence-corrected chi connectivity index (χ4v) is 4.41. The molecule has 1 aliphatic heterocycles. The van der Waals surface area contributed by atoms with Gasteiger partial charge in [-0.3, -0.25) is 9.78 Å². The Labute approximate surface area is 175 Å². The second-order valence-corrected chi connectivity index (χ2v) is 7.72. The van der Waals surface area contributed by atoms with Crippen molar-refractivity contribution in [1.82, 2.24) is 4.98 Å². The molecule has 2 atom stereocenters. The van der Waals surface area contributed by atoms with E-state index in [-0.39, 0.29) is 17.7 Å². The zero-order chi connectivity index (χ0) is 20.5. The van der Waals surface area contributed by atoms with E-state index in [1.54, 1.807) is 19.5 Å². The van der Waals surface area contributed by atoms with Crippen molar-refractivity contribution < 1.29 is 9.53 Å². The van der Waals surface area contributed by atoms with Crippen LogP contribution >= 0.6 is 0 Å². The van der Waals surface area contributed by atoms with E-state index in [2.05, 4.69) is 27.8 Å². The molecule has 2 aromatic carbocycles. The molecule has 0 spiro atoms. The lowest BCUT2D eigenvalue weighted by atomic mass is 9.78. The second-order valence-electron chi connectivity index (χ2n) is 7.72. The average Bonchev–Trinajstić information content (AvgIpc) is 2.96. The number of carbonyl (C=O) groups excluding carboxylic acids is 1. The number of pyridine rings is 1. The number of rotatable bonds is 3. The van der Waals surface area contributed by atoms with Crippen LogP contribution in [0.2, 0.25) is 0 Å². The first-order valence-corrected chi connectivity index (χ1v) is 10.2. The minimum Gasteiger partial charge on any atom is -0.497 e. The number of ketones is 1. The number of nitrogens with one attached hydrogen (secondary N) is 2. The van der Waals surface area contributed by atoms with Gasteiger partial charge < -0.3 is 15.4 Å². The molecule has 0 unspecified atom stereocenters. The van der Waals surface area contributed by atoms with E-state index >= 15 is 0 Å². The summed E-state index contributed by atoms with van der Waals surface area (Å²) in [5, 5.41) is 7.16. The van der Waals surface area contributed by atoms with E-state index in [1.165, 1.54) is 0 Å². The number of hydrogen-bond acceptors (Lipinski definition) is 5. The van der Waals surface area contributed by atoms with Gasteiger partial charge in [-0.05, 0) is 59.9 Å². The van der Waals surface area contributed by atoms with Crippen LogP contribution in [0.15, 0.2) is 84.3 Å². The van der Waals surface area contributed by atoms with Crippen molar-refractivity contribution in [2.45, 2.75) is 24.8 Å². The lowest BCUT2D eigenvalue weighted by molar-refractivity contribution is -0.116. The number of methoxy groups -OCH3 is 1. The lowest BCUT2D eigenvalue weighted by Crippen LogP contribution is -2.26. The Morgan fingerprint density at radius 2 is 1.63 bits per heavy atom. The van der Waals surface area contributed by atoms with Crippen molar-refractivity contribution in [2.24, 2.45) is 0 Å². The third-order valence-corrected chi connectivity index (χ3v) is 5.94. The Morgan fingerprint density at radius 3 is 2.37 bits per heavy atom. The van der Waals surface area contributed by atoms with E-state index in [0.717, 1.165) is 45.9 Å². The van der Waals surface area contributed by atoms with Gasteiger partial charge in [-0.15, -0.1) is 0 Å². The summed E-state index contributed by atoms with van der Waals surface area (Å²) in [5.74, 6) is 1.13. The SMILES string of the molecule is COc1ccc([C@H]2CC(=O)C3=C(C2)Nc2ccccc2N[C@@H]3c2ccncc2)cc1. The van der Waals surface area contributed by atoms with Crippen LogP contribution in [0.3, 0.4) is 0 Å². The number of anilines is 2. The smallest absolute Gasteiger partial charge is 0.163 e. The predicted molar refractivity (Wildman–Crippen MR) is 118 cm³/mol. The van der Waals surface area contributed by atoms with Crippen LogP contribution in [0.4, 0.5) is 11.4 Å². The molecular formula is C25H23N3O2. The monoisotopic (exact) mass is 397 g/mol. The molecule has 0 radical (unpaired) electrons. The van der Waals surface area contributed by atoms with Crippen LogP contribution in [0.5, 0.6) is 5.75 Å². The highest BCUT2D eigenvalue weighted by molar-refractivity contribution is 6.01. The van der Waals surface area contributed by atoms with Crippen molar-refractivity contribution in [3.63, 3.8) is 0 Å². The molecule has 1 aromatic heterocycles. The summed E-state index contributed by atoms with van der Waals surface area (Å²) in [4.78, 5) is 17.6. The molecule has 2 heterocycles. The zero-order valence-electron chi connectivity index (χ0n) is 16.8. The normalized spacial score (nSPS) is 20.4.